The highest BCUT2D eigenvalue weighted by Gasteiger charge is 2.29. The van der Waals surface area contributed by atoms with E-state index in [9.17, 15) is 9.59 Å². The van der Waals surface area contributed by atoms with Gasteiger partial charge in [0.2, 0.25) is 5.91 Å². The van der Waals surface area contributed by atoms with Gasteiger partial charge in [0.05, 0.1) is 0 Å². The Morgan fingerprint density at radius 2 is 1.88 bits per heavy atom. The summed E-state index contributed by atoms with van der Waals surface area (Å²) in [5.74, 6) is -0.0268. The number of esters is 1. The summed E-state index contributed by atoms with van der Waals surface area (Å²) in [5, 5.41) is 4.51. The van der Waals surface area contributed by atoms with Gasteiger partial charge in [-0.25, -0.2) is 9.78 Å². The Morgan fingerprint density at radius 1 is 1.04 bits per heavy atom. The Morgan fingerprint density at radius 3 is 2.72 bits per heavy atom. The van der Waals surface area contributed by atoms with Crippen molar-refractivity contribution >= 4 is 28.3 Å². The Hall–Kier alpha value is -3.21. The predicted molar refractivity (Wildman–Crippen MR) is 94.5 cm³/mol. The highest BCUT2D eigenvalue weighted by molar-refractivity contribution is 6.03. The molecule has 1 aromatic heterocycles. The van der Waals surface area contributed by atoms with Crippen LogP contribution in [0.4, 0.5) is 5.69 Å². The van der Waals surface area contributed by atoms with Crippen molar-refractivity contribution in [1.82, 2.24) is 4.98 Å². The standard InChI is InChI=1S/C20H16N2O3/c23-19(14-8-9-14)22-15-5-3-6-16(12-15)25-20(24)18-17-7-2-1-4-13(17)10-11-21-18/h1-7,10-12,14H,8-9H2,(H,22,23). The third-order valence-electron chi connectivity index (χ3n) is 4.13. The second-order valence-electron chi connectivity index (χ2n) is 6.06. The van der Waals surface area contributed by atoms with E-state index in [0.29, 0.717) is 11.4 Å². The van der Waals surface area contributed by atoms with Crippen molar-refractivity contribution in [2.45, 2.75) is 12.8 Å². The van der Waals surface area contributed by atoms with Crippen LogP contribution in [0.2, 0.25) is 0 Å². The molecule has 1 amide bonds. The lowest BCUT2D eigenvalue weighted by Gasteiger charge is -2.09. The number of ether oxygens (including phenoxy) is 1. The summed E-state index contributed by atoms with van der Waals surface area (Å²) in [6.07, 6.45) is 3.46. The quantitative estimate of drug-likeness (QED) is 0.583. The van der Waals surface area contributed by atoms with Gasteiger partial charge in [0.25, 0.3) is 0 Å². The van der Waals surface area contributed by atoms with E-state index < -0.39 is 5.97 Å². The first-order chi connectivity index (χ1) is 12.2. The summed E-state index contributed by atoms with van der Waals surface area (Å²) in [6.45, 7) is 0. The molecular weight excluding hydrogens is 316 g/mol. The van der Waals surface area contributed by atoms with Gasteiger partial charge in [0.1, 0.15) is 5.75 Å². The molecule has 1 N–H and O–H groups in total. The number of pyridine rings is 1. The van der Waals surface area contributed by atoms with E-state index in [0.717, 1.165) is 23.6 Å². The van der Waals surface area contributed by atoms with Gasteiger partial charge in [-0.3, -0.25) is 4.79 Å². The number of rotatable bonds is 4. The molecule has 4 rings (SSSR count). The van der Waals surface area contributed by atoms with Gasteiger partial charge in [-0.15, -0.1) is 0 Å². The molecule has 0 saturated heterocycles. The Kier molecular flexibility index (Phi) is 3.90. The summed E-state index contributed by atoms with van der Waals surface area (Å²) in [4.78, 5) is 28.5. The number of carbonyl (C=O) groups excluding carboxylic acids is 2. The average Bonchev–Trinajstić information content (AvgIpc) is 3.47. The Balaban J connectivity index is 1.55. The number of nitrogens with one attached hydrogen (secondary N) is 1. The normalized spacial score (nSPS) is 13.4. The van der Waals surface area contributed by atoms with Crippen LogP contribution in [0, 0.1) is 5.92 Å². The largest absolute Gasteiger partial charge is 0.422 e. The maximum absolute atomic E-state index is 12.5. The second-order valence-corrected chi connectivity index (χ2v) is 6.06. The van der Waals surface area contributed by atoms with Crippen molar-refractivity contribution in [1.29, 1.82) is 0 Å². The molecule has 1 aliphatic rings. The van der Waals surface area contributed by atoms with Gasteiger partial charge in [-0.05, 0) is 36.4 Å². The molecule has 0 atom stereocenters. The fourth-order valence-electron chi connectivity index (χ4n) is 2.66. The van der Waals surface area contributed by atoms with Crippen LogP contribution in [0.25, 0.3) is 10.8 Å². The van der Waals surface area contributed by atoms with Crippen LogP contribution < -0.4 is 10.1 Å². The number of nitrogens with zero attached hydrogens (tertiary/aromatic N) is 1. The molecule has 1 fully saturated rings. The second kappa shape index (κ2) is 6.36. The molecule has 0 unspecified atom stereocenters. The topological polar surface area (TPSA) is 68.3 Å². The zero-order valence-electron chi connectivity index (χ0n) is 13.4. The number of hydrogen-bond acceptors (Lipinski definition) is 4. The molecule has 0 radical (unpaired) electrons. The number of anilines is 1. The summed E-state index contributed by atoms with van der Waals surface area (Å²) >= 11 is 0. The Labute approximate surface area is 144 Å². The van der Waals surface area contributed by atoms with E-state index >= 15 is 0 Å². The van der Waals surface area contributed by atoms with Crippen molar-refractivity contribution in [2.75, 3.05) is 5.32 Å². The van der Waals surface area contributed by atoms with Crippen molar-refractivity contribution in [3.05, 3.63) is 66.5 Å². The maximum atomic E-state index is 12.5. The first kappa shape index (κ1) is 15.3. The minimum atomic E-state index is -0.525. The number of hydrogen-bond donors (Lipinski definition) is 1. The molecule has 1 heterocycles. The van der Waals surface area contributed by atoms with Crippen LogP contribution in [0.1, 0.15) is 23.3 Å². The van der Waals surface area contributed by atoms with Crippen molar-refractivity contribution in [2.24, 2.45) is 5.92 Å². The molecule has 0 spiro atoms. The molecule has 2 aromatic carbocycles. The number of amides is 1. The molecule has 0 aliphatic heterocycles. The van der Waals surface area contributed by atoms with E-state index in [1.165, 1.54) is 0 Å². The lowest BCUT2D eigenvalue weighted by atomic mass is 10.1. The monoisotopic (exact) mass is 332 g/mol. The van der Waals surface area contributed by atoms with Crippen LogP contribution in [0.15, 0.2) is 60.8 Å². The van der Waals surface area contributed by atoms with Crippen molar-refractivity contribution in [3.63, 3.8) is 0 Å². The summed E-state index contributed by atoms with van der Waals surface area (Å²) in [6, 6.07) is 16.2. The van der Waals surface area contributed by atoms with Gasteiger partial charge in [0.15, 0.2) is 5.69 Å². The van der Waals surface area contributed by atoms with Gasteiger partial charge in [-0.2, -0.15) is 0 Å². The Bertz CT molecular complexity index is 959. The lowest BCUT2D eigenvalue weighted by molar-refractivity contribution is -0.117. The van der Waals surface area contributed by atoms with Gasteiger partial charge < -0.3 is 10.1 Å². The molecular formula is C20H16N2O3. The number of fused-ring (bicyclic) bond motifs is 1. The van der Waals surface area contributed by atoms with E-state index in [4.69, 9.17) is 4.74 Å². The zero-order valence-corrected chi connectivity index (χ0v) is 13.4. The number of benzene rings is 2. The molecule has 25 heavy (non-hydrogen) atoms. The third kappa shape index (κ3) is 3.35. The highest BCUT2D eigenvalue weighted by atomic mass is 16.5. The van der Waals surface area contributed by atoms with Crippen LogP contribution in [-0.2, 0) is 4.79 Å². The van der Waals surface area contributed by atoms with Gasteiger partial charge in [-0.1, -0.05) is 30.3 Å². The van der Waals surface area contributed by atoms with Crippen molar-refractivity contribution in [3.8, 4) is 5.75 Å². The van der Waals surface area contributed by atoms with E-state index in [1.54, 1.807) is 30.5 Å². The third-order valence-corrected chi connectivity index (χ3v) is 4.13. The highest BCUT2D eigenvalue weighted by Crippen LogP contribution is 2.30. The van der Waals surface area contributed by atoms with Crippen LogP contribution in [0.5, 0.6) is 5.75 Å². The minimum absolute atomic E-state index is 0.0131. The van der Waals surface area contributed by atoms with Gasteiger partial charge >= 0.3 is 5.97 Å². The first-order valence-electron chi connectivity index (χ1n) is 8.17. The minimum Gasteiger partial charge on any atom is -0.422 e. The fraction of sp³-hybridized carbons (Fsp3) is 0.150. The van der Waals surface area contributed by atoms with Crippen molar-refractivity contribution < 1.29 is 14.3 Å². The summed E-state index contributed by atoms with van der Waals surface area (Å²) < 4.78 is 5.45. The first-order valence-corrected chi connectivity index (χ1v) is 8.17. The number of aromatic nitrogens is 1. The molecule has 1 aliphatic carbocycles. The molecule has 5 nitrogen and oxygen atoms in total. The smallest absolute Gasteiger partial charge is 0.362 e. The molecule has 124 valence electrons. The van der Waals surface area contributed by atoms with E-state index in [-0.39, 0.29) is 17.5 Å². The van der Waals surface area contributed by atoms with E-state index in [1.807, 2.05) is 30.3 Å². The lowest BCUT2D eigenvalue weighted by Crippen LogP contribution is -2.14. The van der Waals surface area contributed by atoms with E-state index in [2.05, 4.69) is 10.3 Å². The van der Waals surface area contributed by atoms with Crippen LogP contribution in [0.3, 0.4) is 0 Å². The number of carbonyl (C=O) groups is 2. The predicted octanol–water partition coefficient (Wildman–Crippen LogP) is 3.80. The van der Waals surface area contributed by atoms with Gasteiger partial charge in [0, 0.05) is 29.3 Å². The SMILES string of the molecule is O=C(Oc1cccc(NC(=O)C2CC2)c1)c1nccc2ccccc12. The maximum Gasteiger partial charge on any atom is 0.362 e. The zero-order chi connectivity index (χ0) is 17.2. The van der Waals surface area contributed by atoms with Crippen LogP contribution >= 0.6 is 0 Å². The average molecular weight is 332 g/mol. The molecule has 5 heteroatoms. The summed E-state index contributed by atoms with van der Waals surface area (Å²) in [5.41, 5.74) is 0.888. The molecule has 1 saturated carbocycles. The van der Waals surface area contributed by atoms with Crippen LogP contribution in [-0.4, -0.2) is 16.9 Å². The molecule has 3 aromatic rings. The summed E-state index contributed by atoms with van der Waals surface area (Å²) in [7, 11) is 0. The molecule has 0 bridgehead atoms. The fourth-order valence-corrected chi connectivity index (χ4v) is 2.66.